The first-order chi connectivity index (χ1) is 11.3. The summed E-state index contributed by atoms with van der Waals surface area (Å²) in [4.78, 5) is 13.3. The summed E-state index contributed by atoms with van der Waals surface area (Å²) in [5, 5.41) is 0.684. The lowest BCUT2D eigenvalue weighted by atomic mass is 9.89. The van der Waals surface area contributed by atoms with Crippen LogP contribution in [0.3, 0.4) is 0 Å². The third kappa shape index (κ3) is 3.35. The summed E-state index contributed by atoms with van der Waals surface area (Å²) < 4.78 is 12.8. The molecule has 0 aliphatic carbocycles. The number of ketones is 1. The highest BCUT2D eigenvalue weighted by molar-refractivity contribution is 7.54. The molecule has 2 nitrogen and oxygen atoms in total. The predicted octanol–water partition coefficient (Wildman–Crippen LogP) is 5.40. The average Bonchev–Trinajstić information content (AvgIpc) is 2.58. The lowest BCUT2D eigenvalue weighted by molar-refractivity contribution is 0.103. The number of hydrogen-bond acceptors (Lipinski definition) is 2. The number of benzene rings is 2. The maximum atomic E-state index is 13.3. The van der Waals surface area contributed by atoms with Gasteiger partial charge >= 0.3 is 0 Å². The molecule has 0 amide bonds. The lowest BCUT2D eigenvalue weighted by Crippen LogP contribution is -2.18. The molecule has 1 radical (unpaired) electrons. The number of rotatable bonds is 5. The Balaban J connectivity index is 2.61. The number of carbonyl (C=O) groups is 1. The molecule has 2 unspecified atom stereocenters. The second-order valence-corrected chi connectivity index (χ2v) is 8.58. The summed E-state index contributed by atoms with van der Waals surface area (Å²) in [6.45, 7) is 12.1. The highest BCUT2D eigenvalue weighted by Crippen LogP contribution is 2.32. The Morgan fingerprint density at radius 2 is 1.67 bits per heavy atom. The molecule has 2 aromatic carbocycles. The topological polar surface area (TPSA) is 34.1 Å². The van der Waals surface area contributed by atoms with Crippen LogP contribution >= 0.6 is 7.80 Å². The number of carbonyl (C=O) groups excluding carboxylic acids is 1. The maximum absolute atomic E-state index is 13.3. The minimum absolute atomic E-state index is 0.0182. The van der Waals surface area contributed by atoms with Crippen LogP contribution in [-0.2, 0) is 4.57 Å². The van der Waals surface area contributed by atoms with Crippen molar-refractivity contribution in [3.05, 3.63) is 63.7 Å². The van der Waals surface area contributed by atoms with Gasteiger partial charge in [-0.15, -0.1) is 0 Å². The van der Waals surface area contributed by atoms with Crippen LogP contribution in [0.2, 0.25) is 0 Å². The zero-order valence-corrected chi connectivity index (χ0v) is 16.3. The van der Waals surface area contributed by atoms with Crippen LogP contribution < -0.4 is 5.30 Å². The second-order valence-electron chi connectivity index (χ2n) is 6.56. The van der Waals surface area contributed by atoms with Crippen molar-refractivity contribution in [1.82, 2.24) is 0 Å². The van der Waals surface area contributed by atoms with E-state index in [2.05, 4.69) is 13.0 Å². The van der Waals surface area contributed by atoms with Crippen LogP contribution in [0.5, 0.6) is 0 Å². The number of hydrogen-bond donors (Lipinski definition) is 0. The maximum Gasteiger partial charge on any atom is 0.194 e. The van der Waals surface area contributed by atoms with Crippen LogP contribution in [0, 0.1) is 27.7 Å². The van der Waals surface area contributed by atoms with Crippen molar-refractivity contribution in [1.29, 1.82) is 0 Å². The smallest absolute Gasteiger partial charge is 0.194 e. The van der Waals surface area contributed by atoms with Crippen LogP contribution in [0.15, 0.2) is 30.3 Å². The molecular formula is C21H26O2P. The lowest BCUT2D eigenvalue weighted by Gasteiger charge is -2.16. The van der Waals surface area contributed by atoms with Crippen LogP contribution in [-0.4, -0.2) is 11.4 Å². The van der Waals surface area contributed by atoms with Crippen molar-refractivity contribution in [3.8, 4) is 0 Å². The Kier molecular flexibility index (Phi) is 5.72. The molecule has 0 bridgehead atoms. The zero-order chi connectivity index (χ0) is 18.0. The molecule has 2 atom stereocenters. The molecule has 0 aliphatic rings. The first-order valence-electron chi connectivity index (χ1n) is 8.47. The fraction of sp³-hybridized carbons (Fsp3) is 0.381. The van der Waals surface area contributed by atoms with Crippen molar-refractivity contribution in [2.24, 2.45) is 0 Å². The fourth-order valence-electron chi connectivity index (χ4n) is 3.03. The molecule has 0 spiro atoms. The van der Waals surface area contributed by atoms with Gasteiger partial charge in [-0.25, -0.2) is 0 Å². The Morgan fingerprint density at radius 1 is 1.04 bits per heavy atom. The largest absolute Gasteiger partial charge is 0.289 e. The van der Waals surface area contributed by atoms with Gasteiger partial charge in [0.15, 0.2) is 5.78 Å². The van der Waals surface area contributed by atoms with Gasteiger partial charge in [-0.1, -0.05) is 32.0 Å². The van der Waals surface area contributed by atoms with E-state index in [0.29, 0.717) is 10.9 Å². The molecule has 0 aromatic heterocycles. The van der Waals surface area contributed by atoms with Gasteiger partial charge in [0.25, 0.3) is 0 Å². The highest BCUT2D eigenvalue weighted by atomic mass is 31.1. The zero-order valence-electron chi connectivity index (χ0n) is 15.4. The van der Waals surface area contributed by atoms with Gasteiger partial charge in [0.05, 0.1) is 0 Å². The van der Waals surface area contributed by atoms with E-state index in [1.165, 1.54) is 5.56 Å². The fourth-order valence-corrected chi connectivity index (χ4v) is 4.48. The predicted molar refractivity (Wildman–Crippen MR) is 102 cm³/mol. The van der Waals surface area contributed by atoms with E-state index in [4.69, 9.17) is 0 Å². The average molecular weight is 341 g/mol. The Morgan fingerprint density at radius 3 is 2.29 bits per heavy atom. The monoisotopic (exact) mass is 341 g/mol. The summed E-state index contributed by atoms with van der Waals surface area (Å²) in [5.74, 6) is -0.0182. The molecule has 2 rings (SSSR count). The first-order valence-corrected chi connectivity index (χ1v) is 9.79. The summed E-state index contributed by atoms with van der Waals surface area (Å²) >= 11 is 0. The molecule has 0 heterocycles. The van der Waals surface area contributed by atoms with Gasteiger partial charge in [0, 0.05) is 22.1 Å². The SMILES string of the molecule is CCC(C)[P](=O)c1ccccc1C(=O)c1c(C)cc(C)c(C)c1C. The van der Waals surface area contributed by atoms with Crippen molar-refractivity contribution in [2.75, 3.05) is 0 Å². The van der Waals surface area contributed by atoms with Gasteiger partial charge in [-0.2, -0.15) is 0 Å². The van der Waals surface area contributed by atoms with Gasteiger partial charge in [-0.05, 0) is 68.5 Å². The third-order valence-electron chi connectivity index (χ3n) is 4.96. The van der Waals surface area contributed by atoms with E-state index in [-0.39, 0.29) is 11.4 Å². The summed E-state index contributed by atoms with van der Waals surface area (Å²) in [6.07, 6.45) is 0.833. The quantitative estimate of drug-likeness (QED) is 0.539. The van der Waals surface area contributed by atoms with E-state index >= 15 is 0 Å². The minimum Gasteiger partial charge on any atom is -0.289 e. The van der Waals surface area contributed by atoms with Crippen LogP contribution in [0.25, 0.3) is 0 Å². The van der Waals surface area contributed by atoms with Gasteiger partial charge < -0.3 is 0 Å². The Bertz CT molecular complexity index is 806. The molecule has 127 valence electrons. The molecule has 24 heavy (non-hydrogen) atoms. The molecular weight excluding hydrogens is 315 g/mol. The molecule has 2 aromatic rings. The number of aryl methyl sites for hydroxylation is 2. The van der Waals surface area contributed by atoms with Crippen molar-refractivity contribution in [2.45, 2.75) is 53.6 Å². The second kappa shape index (κ2) is 7.40. The van der Waals surface area contributed by atoms with E-state index in [1.54, 1.807) is 6.07 Å². The third-order valence-corrected chi connectivity index (χ3v) is 6.99. The summed E-state index contributed by atoms with van der Waals surface area (Å²) in [7, 11) is -1.58. The van der Waals surface area contributed by atoms with Crippen LogP contribution in [0.1, 0.15) is 58.4 Å². The van der Waals surface area contributed by atoms with E-state index in [0.717, 1.165) is 28.7 Å². The normalized spacial score (nSPS) is 12.8. The molecule has 0 aliphatic heterocycles. The molecule has 0 saturated heterocycles. The van der Waals surface area contributed by atoms with Gasteiger partial charge in [0.1, 0.15) is 7.80 Å². The van der Waals surface area contributed by atoms with Gasteiger partial charge in [-0.3, -0.25) is 9.36 Å². The van der Waals surface area contributed by atoms with E-state index < -0.39 is 7.80 Å². The van der Waals surface area contributed by atoms with Crippen LogP contribution in [0.4, 0.5) is 0 Å². The van der Waals surface area contributed by atoms with E-state index in [9.17, 15) is 9.36 Å². The molecule has 0 saturated carbocycles. The Hall–Kier alpha value is -1.79. The van der Waals surface area contributed by atoms with Gasteiger partial charge in [0.2, 0.25) is 0 Å². The molecule has 0 N–H and O–H groups in total. The van der Waals surface area contributed by atoms with Crippen molar-refractivity contribution in [3.63, 3.8) is 0 Å². The highest BCUT2D eigenvalue weighted by Gasteiger charge is 2.23. The molecule has 3 heteroatoms. The standard InChI is InChI=1S/C21H26O2P/c1-7-15(4)24(23)19-11-9-8-10-18(19)21(22)20-14(3)12-13(2)16(5)17(20)6/h8-12,15H,7H2,1-6H3. The Labute approximate surface area is 146 Å². The minimum atomic E-state index is -1.58. The van der Waals surface area contributed by atoms with Crippen molar-refractivity contribution >= 4 is 18.9 Å². The summed E-state index contributed by atoms with van der Waals surface area (Å²) in [5.41, 5.74) is 5.73. The molecule has 0 fully saturated rings. The first kappa shape index (κ1) is 18.5. The summed E-state index contributed by atoms with van der Waals surface area (Å²) in [6, 6.07) is 9.42. The van der Waals surface area contributed by atoms with Crippen molar-refractivity contribution < 1.29 is 9.36 Å². The van der Waals surface area contributed by atoms with E-state index in [1.807, 2.05) is 52.8 Å².